The first-order valence-electron chi connectivity index (χ1n) is 12.1. The number of rotatable bonds is 4. The Morgan fingerprint density at radius 2 is 1.60 bits per heavy atom. The molecule has 0 spiro atoms. The van der Waals surface area contributed by atoms with E-state index < -0.39 is 17.7 Å². The predicted molar refractivity (Wildman–Crippen MR) is 132 cm³/mol. The molecule has 0 radical (unpaired) electrons. The fraction of sp³-hybridized carbons (Fsp3) is 0.464. The second-order valence-corrected chi connectivity index (χ2v) is 10.4. The van der Waals surface area contributed by atoms with Crippen LogP contribution in [0.3, 0.4) is 0 Å². The van der Waals surface area contributed by atoms with Crippen molar-refractivity contribution in [1.29, 1.82) is 0 Å². The van der Waals surface area contributed by atoms with Gasteiger partial charge in [0.2, 0.25) is 5.91 Å². The number of carbonyl (C=O) groups is 3. The van der Waals surface area contributed by atoms with Crippen molar-refractivity contribution in [2.45, 2.75) is 70.2 Å². The topological polar surface area (TPSA) is 76.2 Å². The first-order chi connectivity index (χ1) is 16.7. The van der Waals surface area contributed by atoms with Crippen LogP contribution in [0.5, 0.6) is 0 Å². The number of methoxy groups -OCH3 is 1. The Hall–Kier alpha value is -3.35. The van der Waals surface area contributed by atoms with Crippen LogP contribution in [0, 0.1) is 0 Å². The standard InChI is InChI=1S/C28H34N2O5/c1-28(2,3)35-27(33)30-18-22(19-10-6-5-7-11-19)15-24(30)26(32)29-17-21-13-9-8-12-20(21)14-23(29)16-25(31)34-4/h5-13,22-24H,14-18H2,1-4H3/t22-,23+,24+/m0/s1. The summed E-state index contributed by atoms with van der Waals surface area (Å²) in [5.41, 5.74) is 2.60. The average Bonchev–Trinajstić information content (AvgIpc) is 3.28. The second-order valence-electron chi connectivity index (χ2n) is 10.4. The quantitative estimate of drug-likeness (QED) is 0.613. The fourth-order valence-corrected chi connectivity index (χ4v) is 5.05. The average molecular weight is 479 g/mol. The van der Waals surface area contributed by atoms with Gasteiger partial charge in [0.25, 0.3) is 0 Å². The lowest BCUT2D eigenvalue weighted by atomic mass is 9.90. The van der Waals surface area contributed by atoms with Crippen LogP contribution in [-0.2, 0) is 32.0 Å². The third-order valence-corrected chi connectivity index (χ3v) is 6.75. The third kappa shape index (κ3) is 5.66. The van der Waals surface area contributed by atoms with Gasteiger partial charge >= 0.3 is 12.1 Å². The number of likely N-dealkylation sites (tertiary alicyclic amines) is 1. The predicted octanol–water partition coefficient (Wildman–Crippen LogP) is 4.30. The largest absolute Gasteiger partial charge is 0.469 e. The molecule has 0 unspecified atom stereocenters. The van der Waals surface area contributed by atoms with Crippen molar-refractivity contribution in [3.8, 4) is 0 Å². The summed E-state index contributed by atoms with van der Waals surface area (Å²) in [4.78, 5) is 42.8. The van der Waals surface area contributed by atoms with Crippen LogP contribution in [0.4, 0.5) is 4.79 Å². The van der Waals surface area contributed by atoms with Crippen LogP contribution < -0.4 is 0 Å². The minimum atomic E-state index is -0.674. The van der Waals surface area contributed by atoms with E-state index in [1.54, 1.807) is 9.80 Å². The number of fused-ring (bicyclic) bond motifs is 1. The van der Waals surface area contributed by atoms with Crippen molar-refractivity contribution in [2.75, 3.05) is 13.7 Å². The summed E-state index contributed by atoms with van der Waals surface area (Å²) >= 11 is 0. The number of hydrogen-bond acceptors (Lipinski definition) is 5. The third-order valence-electron chi connectivity index (χ3n) is 6.75. The van der Waals surface area contributed by atoms with Crippen LogP contribution in [-0.4, -0.2) is 59.1 Å². The van der Waals surface area contributed by atoms with Crippen molar-refractivity contribution < 1.29 is 23.9 Å². The lowest BCUT2D eigenvalue weighted by Crippen LogP contribution is -2.53. The molecule has 2 aliphatic heterocycles. The van der Waals surface area contributed by atoms with Crippen LogP contribution >= 0.6 is 0 Å². The van der Waals surface area contributed by atoms with Crippen molar-refractivity contribution in [2.24, 2.45) is 0 Å². The number of ether oxygens (including phenoxy) is 2. The highest BCUT2D eigenvalue weighted by atomic mass is 16.6. The number of amides is 2. The Labute approximate surface area is 207 Å². The highest BCUT2D eigenvalue weighted by Crippen LogP contribution is 2.36. The summed E-state index contributed by atoms with van der Waals surface area (Å²) in [5.74, 6) is -0.490. The molecule has 2 aliphatic rings. The lowest BCUT2D eigenvalue weighted by molar-refractivity contribution is -0.146. The van der Waals surface area contributed by atoms with Gasteiger partial charge in [-0.1, -0.05) is 54.6 Å². The molecule has 1 fully saturated rings. The molecule has 4 rings (SSSR count). The van der Waals surface area contributed by atoms with Gasteiger partial charge in [0.05, 0.1) is 13.5 Å². The Kier molecular flexibility index (Phi) is 7.15. The van der Waals surface area contributed by atoms with Crippen molar-refractivity contribution in [1.82, 2.24) is 9.80 Å². The molecule has 2 heterocycles. The zero-order valence-corrected chi connectivity index (χ0v) is 20.9. The van der Waals surface area contributed by atoms with Gasteiger partial charge < -0.3 is 14.4 Å². The summed E-state index contributed by atoms with van der Waals surface area (Å²) in [6.07, 6.45) is 0.692. The fourth-order valence-electron chi connectivity index (χ4n) is 5.05. The van der Waals surface area contributed by atoms with Gasteiger partial charge in [0.1, 0.15) is 11.6 Å². The maximum absolute atomic E-state index is 14.1. The number of carbonyl (C=O) groups excluding carboxylic acids is 3. The van der Waals surface area contributed by atoms with Crippen molar-refractivity contribution >= 4 is 18.0 Å². The van der Waals surface area contributed by atoms with E-state index in [2.05, 4.69) is 0 Å². The monoisotopic (exact) mass is 478 g/mol. The molecule has 0 aliphatic carbocycles. The summed E-state index contributed by atoms with van der Waals surface area (Å²) in [6.45, 7) is 6.26. The van der Waals surface area contributed by atoms with Crippen LogP contribution in [0.25, 0.3) is 0 Å². The Morgan fingerprint density at radius 1 is 0.943 bits per heavy atom. The van der Waals surface area contributed by atoms with Crippen LogP contribution in [0.15, 0.2) is 54.6 Å². The first kappa shape index (κ1) is 24.8. The second kappa shape index (κ2) is 10.1. The number of nitrogens with zero attached hydrogens (tertiary/aromatic N) is 2. The zero-order valence-electron chi connectivity index (χ0n) is 20.9. The van der Waals surface area contributed by atoms with Crippen molar-refractivity contribution in [3.63, 3.8) is 0 Å². The molecule has 35 heavy (non-hydrogen) atoms. The molecule has 2 amide bonds. The summed E-state index contributed by atoms with van der Waals surface area (Å²) < 4.78 is 10.6. The Bertz CT molecular complexity index is 1080. The number of hydrogen-bond donors (Lipinski definition) is 0. The highest BCUT2D eigenvalue weighted by Gasteiger charge is 2.45. The van der Waals surface area contributed by atoms with Gasteiger partial charge in [0, 0.05) is 25.0 Å². The van der Waals surface area contributed by atoms with Gasteiger partial charge in [0.15, 0.2) is 0 Å². The van der Waals surface area contributed by atoms with Gasteiger partial charge in [-0.3, -0.25) is 14.5 Å². The maximum atomic E-state index is 14.1. The molecule has 0 aromatic heterocycles. The SMILES string of the molecule is COC(=O)C[C@H]1Cc2ccccc2CN1C(=O)[C@H]1C[C@H](c2ccccc2)CN1C(=O)OC(C)(C)C. The minimum Gasteiger partial charge on any atom is -0.469 e. The zero-order chi connectivity index (χ0) is 25.2. The van der Waals surface area contributed by atoms with E-state index >= 15 is 0 Å². The van der Waals surface area contributed by atoms with E-state index in [1.165, 1.54) is 7.11 Å². The van der Waals surface area contributed by atoms with Gasteiger partial charge in [-0.05, 0) is 50.3 Å². The van der Waals surface area contributed by atoms with E-state index in [4.69, 9.17) is 9.47 Å². The molecule has 186 valence electrons. The molecule has 7 nitrogen and oxygen atoms in total. The molecule has 1 saturated heterocycles. The van der Waals surface area contributed by atoms with E-state index in [0.717, 1.165) is 16.7 Å². The Morgan fingerprint density at radius 3 is 2.26 bits per heavy atom. The lowest BCUT2D eigenvalue weighted by Gasteiger charge is -2.39. The normalized spacial score (nSPS) is 21.9. The number of esters is 1. The summed E-state index contributed by atoms with van der Waals surface area (Å²) in [7, 11) is 1.36. The van der Waals surface area contributed by atoms with Gasteiger partial charge in [-0.15, -0.1) is 0 Å². The van der Waals surface area contributed by atoms with Gasteiger partial charge in [-0.2, -0.15) is 0 Å². The molecular formula is C28H34N2O5. The minimum absolute atomic E-state index is 0.0220. The molecule has 0 N–H and O–H groups in total. The summed E-state index contributed by atoms with van der Waals surface area (Å²) in [6, 6.07) is 16.9. The summed E-state index contributed by atoms with van der Waals surface area (Å²) in [5, 5.41) is 0. The van der Waals surface area contributed by atoms with E-state index in [-0.39, 0.29) is 30.3 Å². The highest BCUT2D eigenvalue weighted by molar-refractivity contribution is 5.87. The molecule has 0 saturated carbocycles. The molecule has 7 heteroatoms. The van der Waals surface area contributed by atoms with E-state index in [9.17, 15) is 14.4 Å². The Balaban J connectivity index is 1.64. The molecule has 3 atom stereocenters. The van der Waals surface area contributed by atoms with E-state index in [1.807, 2.05) is 75.4 Å². The van der Waals surface area contributed by atoms with Crippen LogP contribution in [0.1, 0.15) is 56.2 Å². The maximum Gasteiger partial charge on any atom is 0.410 e. The molecule has 2 aromatic carbocycles. The molecule has 2 aromatic rings. The molecule has 0 bridgehead atoms. The van der Waals surface area contributed by atoms with E-state index in [0.29, 0.717) is 25.9 Å². The van der Waals surface area contributed by atoms with Crippen molar-refractivity contribution in [3.05, 3.63) is 71.3 Å². The number of benzene rings is 2. The first-order valence-corrected chi connectivity index (χ1v) is 12.1. The van der Waals surface area contributed by atoms with Gasteiger partial charge in [-0.25, -0.2) is 4.79 Å². The smallest absolute Gasteiger partial charge is 0.410 e. The van der Waals surface area contributed by atoms with Crippen LogP contribution in [0.2, 0.25) is 0 Å². The molecular weight excluding hydrogens is 444 g/mol.